The van der Waals surface area contributed by atoms with Crippen molar-refractivity contribution in [1.29, 1.82) is 0 Å². The van der Waals surface area contributed by atoms with Gasteiger partial charge in [-0.05, 0) is 61.0 Å². The molecule has 0 radical (unpaired) electrons. The Labute approximate surface area is 212 Å². The second kappa shape index (κ2) is 12.2. The number of hydrogen-bond donors (Lipinski definition) is 2. The van der Waals surface area contributed by atoms with Crippen molar-refractivity contribution >= 4 is 61.6 Å². The highest BCUT2D eigenvalue weighted by atomic mass is 79.9. The number of nitrogens with one attached hydrogen (secondary N) is 1. The van der Waals surface area contributed by atoms with Gasteiger partial charge in [-0.25, -0.2) is 13.6 Å². The molecule has 3 aromatic rings. The van der Waals surface area contributed by atoms with Crippen molar-refractivity contribution in [3.8, 4) is 5.75 Å². The maximum Gasteiger partial charge on any atom is 0.238 e. The van der Waals surface area contributed by atoms with Crippen molar-refractivity contribution in [2.24, 2.45) is 5.14 Å². The fourth-order valence-corrected chi connectivity index (χ4v) is 4.31. The Morgan fingerprint density at radius 1 is 0.969 bits per heavy atom. The van der Waals surface area contributed by atoms with Crippen LogP contribution >= 0.6 is 51.5 Å². The van der Waals surface area contributed by atoms with Crippen molar-refractivity contribution in [3.05, 3.63) is 91.9 Å². The lowest BCUT2D eigenvalue weighted by atomic mass is 10.1. The van der Waals surface area contributed by atoms with E-state index in [0.29, 0.717) is 29.7 Å². The molecule has 0 spiro atoms. The molecule has 10 heteroatoms. The molecular formula is C22H22BrCl3N2O3S. The summed E-state index contributed by atoms with van der Waals surface area (Å²) in [6.07, 6.45) is 0.746. The molecule has 0 bridgehead atoms. The van der Waals surface area contributed by atoms with E-state index in [9.17, 15) is 8.42 Å². The molecule has 0 fully saturated rings. The molecule has 0 heterocycles. The first kappa shape index (κ1) is 26.9. The van der Waals surface area contributed by atoms with E-state index in [-0.39, 0.29) is 17.3 Å². The van der Waals surface area contributed by atoms with Gasteiger partial charge in [-0.1, -0.05) is 57.3 Å². The number of rotatable bonds is 9. The van der Waals surface area contributed by atoms with Gasteiger partial charge in [0, 0.05) is 32.2 Å². The topological polar surface area (TPSA) is 81.4 Å². The number of benzene rings is 3. The second-order valence-corrected chi connectivity index (χ2v) is 10.2. The molecule has 3 N–H and O–H groups in total. The van der Waals surface area contributed by atoms with Gasteiger partial charge in [-0.15, -0.1) is 12.4 Å². The van der Waals surface area contributed by atoms with E-state index in [1.807, 2.05) is 24.3 Å². The minimum Gasteiger partial charge on any atom is -0.489 e. The van der Waals surface area contributed by atoms with Gasteiger partial charge in [0.15, 0.2) is 0 Å². The summed E-state index contributed by atoms with van der Waals surface area (Å²) >= 11 is 15.7. The van der Waals surface area contributed by atoms with Crippen molar-refractivity contribution in [1.82, 2.24) is 5.32 Å². The van der Waals surface area contributed by atoms with Gasteiger partial charge in [0.2, 0.25) is 10.0 Å². The molecular weight excluding hydrogens is 559 g/mol. The first-order valence-electron chi connectivity index (χ1n) is 9.40. The number of ether oxygens (including phenoxy) is 1. The zero-order valence-electron chi connectivity index (χ0n) is 16.9. The van der Waals surface area contributed by atoms with Crippen molar-refractivity contribution in [2.45, 2.75) is 24.5 Å². The summed E-state index contributed by atoms with van der Waals surface area (Å²) in [6, 6.07) is 17.8. The molecule has 3 rings (SSSR count). The predicted molar refractivity (Wildman–Crippen MR) is 135 cm³/mol. The summed E-state index contributed by atoms with van der Waals surface area (Å²) in [5.74, 6) is 0.763. The van der Waals surface area contributed by atoms with E-state index < -0.39 is 10.0 Å². The molecule has 0 amide bonds. The largest absolute Gasteiger partial charge is 0.489 e. The van der Waals surface area contributed by atoms with Crippen LogP contribution in [0.25, 0.3) is 0 Å². The van der Waals surface area contributed by atoms with E-state index in [0.717, 1.165) is 33.3 Å². The van der Waals surface area contributed by atoms with Crippen LogP contribution in [0.2, 0.25) is 10.0 Å². The lowest BCUT2D eigenvalue weighted by Crippen LogP contribution is -2.17. The summed E-state index contributed by atoms with van der Waals surface area (Å²) in [5, 5.41) is 9.67. The number of primary sulfonamides is 1. The van der Waals surface area contributed by atoms with Gasteiger partial charge in [0.1, 0.15) is 12.4 Å². The maximum absolute atomic E-state index is 11.3. The Morgan fingerprint density at radius 3 is 2.34 bits per heavy atom. The highest BCUT2D eigenvalue weighted by Gasteiger charge is 2.09. The van der Waals surface area contributed by atoms with Gasteiger partial charge in [0.25, 0.3) is 0 Å². The zero-order chi connectivity index (χ0) is 22.4. The zero-order valence-corrected chi connectivity index (χ0v) is 21.6. The number of hydrogen-bond acceptors (Lipinski definition) is 4. The molecule has 0 aromatic heterocycles. The van der Waals surface area contributed by atoms with Gasteiger partial charge < -0.3 is 10.1 Å². The lowest BCUT2D eigenvalue weighted by molar-refractivity contribution is 0.302. The van der Waals surface area contributed by atoms with Crippen LogP contribution in [0, 0.1) is 0 Å². The fraction of sp³-hybridized carbons (Fsp3) is 0.182. The second-order valence-electron chi connectivity index (χ2n) is 6.89. The normalized spacial score (nSPS) is 11.1. The standard InChI is InChI=1S/C22H21BrCl2N2O3S.ClH/c23-18-4-8-22(30-14-16-3-5-19(24)12-21(16)25)17(11-18)13-27-10-9-15-1-6-20(7-2-15)31(26,28)29;/h1-8,11-12,27H,9-10,13-14H2,(H2,26,28,29);1H. The first-order valence-corrected chi connectivity index (χ1v) is 12.5. The summed E-state index contributed by atoms with van der Waals surface area (Å²) in [4.78, 5) is 0.112. The van der Waals surface area contributed by atoms with Gasteiger partial charge in [-0.2, -0.15) is 0 Å². The van der Waals surface area contributed by atoms with Crippen LogP contribution in [-0.4, -0.2) is 15.0 Å². The van der Waals surface area contributed by atoms with Crippen LogP contribution in [0.15, 0.2) is 70.0 Å². The maximum atomic E-state index is 11.3. The highest BCUT2D eigenvalue weighted by Crippen LogP contribution is 2.26. The van der Waals surface area contributed by atoms with E-state index in [1.165, 1.54) is 12.1 Å². The Bertz CT molecular complexity index is 1160. The van der Waals surface area contributed by atoms with Crippen molar-refractivity contribution in [3.63, 3.8) is 0 Å². The molecule has 0 saturated carbocycles. The summed E-state index contributed by atoms with van der Waals surface area (Å²) in [7, 11) is -3.67. The van der Waals surface area contributed by atoms with Gasteiger partial charge in [-0.3, -0.25) is 0 Å². The van der Waals surface area contributed by atoms with Crippen molar-refractivity contribution < 1.29 is 13.2 Å². The Morgan fingerprint density at radius 2 is 1.69 bits per heavy atom. The molecule has 0 saturated heterocycles. The monoisotopic (exact) mass is 578 g/mol. The highest BCUT2D eigenvalue weighted by molar-refractivity contribution is 9.10. The molecule has 3 aromatic carbocycles. The van der Waals surface area contributed by atoms with E-state index in [2.05, 4.69) is 21.2 Å². The average Bonchev–Trinajstić information content (AvgIpc) is 2.71. The van der Waals surface area contributed by atoms with E-state index in [1.54, 1.807) is 24.3 Å². The van der Waals surface area contributed by atoms with Crippen LogP contribution in [0.5, 0.6) is 5.75 Å². The van der Waals surface area contributed by atoms with E-state index in [4.69, 9.17) is 33.1 Å². The Hall–Kier alpha value is -1.32. The summed E-state index contributed by atoms with van der Waals surface area (Å²) in [6.45, 7) is 1.66. The van der Waals surface area contributed by atoms with Crippen LogP contribution in [0.3, 0.4) is 0 Å². The minimum atomic E-state index is -3.67. The third kappa shape index (κ3) is 7.92. The van der Waals surface area contributed by atoms with Crippen LogP contribution in [-0.2, 0) is 29.6 Å². The molecule has 172 valence electrons. The summed E-state index contributed by atoms with van der Waals surface area (Å²) in [5.41, 5.74) is 2.88. The van der Waals surface area contributed by atoms with Gasteiger partial charge >= 0.3 is 0 Å². The molecule has 0 unspecified atom stereocenters. The van der Waals surface area contributed by atoms with E-state index >= 15 is 0 Å². The average molecular weight is 581 g/mol. The third-order valence-corrected chi connectivity index (χ3v) is 6.59. The third-order valence-electron chi connectivity index (χ3n) is 4.58. The molecule has 0 aliphatic carbocycles. The SMILES string of the molecule is Cl.NS(=O)(=O)c1ccc(CCNCc2cc(Br)ccc2OCc2ccc(Cl)cc2Cl)cc1. The number of sulfonamides is 1. The van der Waals surface area contributed by atoms with Crippen molar-refractivity contribution in [2.75, 3.05) is 6.54 Å². The number of nitrogens with two attached hydrogens (primary N) is 1. The number of halogens is 4. The quantitative estimate of drug-likeness (QED) is 0.317. The molecule has 5 nitrogen and oxygen atoms in total. The fourth-order valence-electron chi connectivity index (χ4n) is 2.92. The Kier molecular flexibility index (Phi) is 10.3. The van der Waals surface area contributed by atoms with Crippen LogP contribution in [0.1, 0.15) is 16.7 Å². The molecule has 0 aliphatic heterocycles. The lowest BCUT2D eigenvalue weighted by Gasteiger charge is -2.14. The summed E-state index contributed by atoms with van der Waals surface area (Å²) < 4.78 is 29.6. The molecule has 0 aliphatic rings. The smallest absolute Gasteiger partial charge is 0.238 e. The Balaban J connectivity index is 0.00000363. The molecule has 32 heavy (non-hydrogen) atoms. The first-order chi connectivity index (χ1) is 14.7. The minimum absolute atomic E-state index is 0. The molecule has 0 atom stereocenters. The van der Waals surface area contributed by atoms with Crippen LogP contribution in [0.4, 0.5) is 0 Å². The van der Waals surface area contributed by atoms with Gasteiger partial charge in [0.05, 0.1) is 4.90 Å². The predicted octanol–water partition coefficient (Wildman–Crippen LogP) is 5.74. The van der Waals surface area contributed by atoms with Crippen LogP contribution < -0.4 is 15.2 Å².